The number of carboxylic acid groups (broad SMARTS) is 1. The van der Waals surface area contributed by atoms with E-state index in [2.05, 4.69) is 4.98 Å². The molecular formula is C27H29NO6S. The van der Waals surface area contributed by atoms with Gasteiger partial charge in [-0.05, 0) is 79.7 Å². The molecule has 1 heterocycles. The number of hydrogen-bond donors (Lipinski definition) is 1. The van der Waals surface area contributed by atoms with Gasteiger partial charge in [-0.3, -0.25) is 14.6 Å². The minimum atomic E-state index is -3.34. The second-order valence-electron chi connectivity index (χ2n) is 10.2. The number of nitrogens with zero attached hydrogens (tertiary/aromatic N) is 1. The van der Waals surface area contributed by atoms with E-state index in [0.717, 1.165) is 30.4 Å². The summed E-state index contributed by atoms with van der Waals surface area (Å²) in [6, 6.07) is 8.38. The van der Waals surface area contributed by atoms with Crippen molar-refractivity contribution in [1.82, 2.24) is 4.98 Å². The van der Waals surface area contributed by atoms with Crippen LogP contribution < -0.4 is 0 Å². The molecule has 0 saturated heterocycles. The number of pyridine rings is 1. The third kappa shape index (κ3) is 5.22. The molecule has 1 aromatic carbocycles. The lowest BCUT2D eigenvalue weighted by Crippen LogP contribution is -2.20. The number of sulfone groups is 1. The number of carbonyl (C=O) groups excluding carboxylic acids is 2. The summed E-state index contributed by atoms with van der Waals surface area (Å²) in [5, 5.41) is 8.81. The van der Waals surface area contributed by atoms with E-state index >= 15 is 0 Å². The standard InChI is InChI=1S/C27H29NO6S/c29-21-7-1-16(11-21)12-23(25(30)14-20-6-4-19(15-28-20)27(31)32)18-5-10-26(24(13-18)17-2-3-17)35(33,34)22-8-9-22/h4-6,10,13,15-17,22-23H,1-3,7-9,11-12,14H2,(H,31,32)/t16-,23+/m0/s1. The number of aromatic carboxylic acids is 1. The van der Waals surface area contributed by atoms with Gasteiger partial charge in [0.05, 0.1) is 15.7 Å². The Morgan fingerprint density at radius 2 is 1.83 bits per heavy atom. The molecule has 2 atom stereocenters. The second kappa shape index (κ2) is 9.30. The fourth-order valence-electron chi connectivity index (χ4n) is 5.15. The van der Waals surface area contributed by atoms with Crippen LogP contribution in [0.5, 0.6) is 0 Å². The summed E-state index contributed by atoms with van der Waals surface area (Å²) < 4.78 is 26.1. The number of hydrogen-bond acceptors (Lipinski definition) is 6. The molecule has 3 fully saturated rings. The Balaban J connectivity index is 1.45. The van der Waals surface area contributed by atoms with E-state index in [1.54, 1.807) is 18.2 Å². The third-order valence-electron chi connectivity index (χ3n) is 7.46. The Kier molecular flexibility index (Phi) is 6.34. The van der Waals surface area contributed by atoms with Crippen LogP contribution in [0.3, 0.4) is 0 Å². The van der Waals surface area contributed by atoms with Gasteiger partial charge in [-0.2, -0.15) is 0 Å². The molecule has 0 spiro atoms. The minimum absolute atomic E-state index is 0.0477. The van der Waals surface area contributed by atoms with Gasteiger partial charge in [-0.15, -0.1) is 0 Å². The topological polar surface area (TPSA) is 118 Å². The van der Waals surface area contributed by atoms with Crippen molar-refractivity contribution >= 4 is 27.4 Å². The van der Waals surface area contributed by atoms with Gasteiger partial charge >= 0.3 is 5.97 Å². The Morgan fingerprint density at radius 3 is 2.40 bits per heavy atom. The molecule has 35 heavy (non-hydrogen) atoms. The second-order valence-corrected chi connectivity index (χ2v) is 12.4. The Hall–Kier alpha value is -2.87. The van der Waals surface area contributed by atoms with Gasteiger partial charge in [-0.1, -0.05) is 12.1 Å². The van der Waals surface area contributed by atoms with Crippen molar-refractivity contribution < 1.29 is 27.9 Å². The first-order valence-corrected chi connectivity index (χ1v) is 13.9. The quantitative estimate of drug-likeness (QED) is 0.523. The molecular weight excluding hydrogens is 466 g/mol. The van der Waals surface area contributed by atoms with Crippen molar-refractivity contribution in [3.05, 3.63) is 58.9 Å². The van der Waals surface area contributed by atoms with Gasteiger partial charge in [0, 0.05) is 37.1 Å². The summed E-state index contributed by atoms with van der Waals surface area (Å²) in [7, 11) is -3.34. The first kappa shape index (κ1) is 23.9. The fourth-order valence-corrected chi connectivity index (χ4v) is 7.08. The number of aromatic nitrogens is 1. The number of Topliss-reactive ketones (excluding diaryl/α,β-unsaturated/α-hetero) is 2. The van der Waals surface area contributed by atoms with E-state index in [4.69, 9.17) is 5.11 Å². The third-order valence-corrected chi connectivity index (χ3v) is 9.79. The minimum Gasteiger partial charge on any atom is -0.478 e. The Morgan fingerprint density at radius 1 is 1.06 bits per heavy atom. The van der Waals surface area contributed by atoms with Crippen LogP contribution in [0.4, 0.5) is 0 Å². The molecule has 3 aliphatic carbocycles. The van der Waals surface area contributed by atoms with E-state index in [1.807, 2.05) is 6.07 Å². The van der Waals surface area contributed by atoms with Crippen molar-refractivity contribution in [2.45, 2.75) is 79.8 Å². The van der Waals surface area contributed by atoms with Crippen molar-refractivity contribution in [2.75, 3.05) is 0 Å². The molecule has 0 radical (unpaired) electrons. The van der Waals surface area contributed by atoms with Crippen molar-refractivity contribution in [1.29, 1.82) is 0 Å². The Bertz CT molecular complexity index is 1280. The van der Waals surface area contributed by atoms with Crippen LogP contribution in [0, 0.1) is 5.92 Å². The largest absolute Gasteiger partial charge is 0.478 e. The lowest BCUT2D eigenvalue weighted by Gasteiger charge is -2.21. The maximum absolute atomic E-state index is 13.5. The van der Waals surface area contributed by atoms with Crippen molar-refractivity contribution in [2.24, 2.45) is 5.92 Å². The summed E-state index contributed by atoms with van der Waals surface area (Å²) in [5.41, 5.74) is 2.18. The van der Waals surface area contributed by atoms with E-state index in [1.165, 1.54) is 12.3 Å². The zero-order valence-electron chi connectivity index (χ0n) is 19.5. The van der Waals surface area contributed by atoms with E-state index < -0.39 is 21.7 Å². The SMILES string of the molecule is O=C1CC[C@H](C[C@@H](C(=O)Cc2ccc(C(=O)O)cn2)c2ccc(S(=O)(=O)C3CC3)c(C3CC3)c2)C1. The van der Waals surface area contributed by atoms with Gasteiger partial charge in [0.2, 0.25) is 0 Å². The lowest BCUT2D eigenvalue weighted by molar-refractivity contribution is -0.121. The van der Waals surface area contributed by atoms with Crippen LogP contribution in [0.1, 0.15) is 90.4 Å². The van der Waals surface area contributed by atoms with Gasteiger partial charge in [0.1, 0.15) is 11.6 Å². The maximum Gasteiger partial charge on any atom is 0.337 e. The molecule has 2 aromatic rings. The molecule has 7 nitrogen and oxygen atoms in total. The number of rotatable bonds is 10. The average molecular weight is 496 g/mol. The summed E-state index contributed by atoms with van der Waals surface area (Å²) >= 11 is 0. The molecule has 3 saturated carbocycles. The molecule has 0 aliphatic heterocycles. The smallest absolute Gasteiger partial charge is 0.337 e. The molecule has 0 bridgehead atoms. The van der Waals surface area contributed by atoms with Gasteiger partial charge in [0.25, 0.3) is 0 Å². The molecule has 3 aliphatic rings. The van der Waals surface area contributed by atoms with Crippen LogP contribution >= 0.6 is 0 Å². The maximum atomic E-state index is 13.5. The first-order chi connectivity index (χ1) is 16.7. The number of benzene rings is 1. The predicted molar refractivity (Wildman–Crippen MR) is 128 cm³/mol. The Labute approximate surface area is 204 Å². The summed E-state index contributed by atoms with van der Waals surface area (Å²) in [5.74, 6) is -1.04. The lowest BCUT2D eigenvalue weighted by atomic mass is 9.83. The molecule has 0 unspecified atom stereocenters. The molecule has 1 N–H and O–H groups in total. The predicted octanol–water partition coefficient (Wildman–Crippen LogP) is 4.25. The molecule has 8 heteroatoms. The summed E-state index contributed by atoms with van der Waals surface area (Å²) in [4.78, 5) is 41.1. The van der Waals surface area contributed by atoms with Crippen LogP contribution in [0.15, 0.2) is 41.4 Å². The summed E-state index contributed by atoms with van der Waals surface area (Å²) in [6.45, 7) is 0. The highest BCUT2D eigenvalue weighted by Gasteiger charge is 2.41. The summed E-state index contributed by atoms with van der Waals surface area (Å²) in [6.07, 6.45) is 6.92. The van der Waals surface area contributed by atoms with Gasteiger partial charge < -0.3 is 5.11 Å². The van der Waals surface area contributed by atoms with Gasteiger partial charge in [0.15, 0.2) is 9.84 Å². The van der Waals surface area contributed by atoms with Crippen LogP contribution in [0.2, 0.25) is 0 Å². The molecule has 5 rings (SSSR count). The zero-order chi connectivity index (χ0) is 24.7. The van der Waals surface area contributed by atoms with Crippen molar-refractivity contribution in [3.63, 3.8) is 0 Å². The monoisotopic (exact) mass is 495 g/mol. The number of carbonyl (C=O) groups is 3. The normalized spacial score (nSPS) is 21.1. The highest BCUT2D eigenvalue weighted by Crippen LogP contribution is 2.47. The first-order valence-electron chi connectivity index (χ1n) is 12.3. The van der Waals surface area contributed by atoms with E-state index in [-0.39, 0.29) is 40.6 Å². The average Bonchev–Trinajstić information content (AvgIpc) is 3.75. The van der Waals surface area contributed by atoms with Gasteiger partial charge in [-0.25, -0.2) is 13.2 Å². The molecule has 1 aromatic heterocycles. The van der Waals surface area contributed by atoms with Crippen LogP contribution in [-0.2, 0) is 25.8 Å². The number of ketones is 2. The molecule has 0 amide bonds. The van der Waals surface area contributed by atoms with E-state index in [0.29, 0.717) is 42.7 Å². The number of carboxylic acids is 1. The van der Waals surface area contributed by atoms with E-state index in [9.17, 15) is 22.8 Å². The highest BCUT2D eigenvalue weighted by molar-refractivity contribution is 7.92. The zero-order valence-corrected chi connectivity index (χ0v) is 20.3. The van der Waals surface area contributed by atoms with Crippen LogP contribution in [0.25, 0.3) is 0 Å². The highest BCUT2D eigenvalue weighted by atomic mass is 32.2. The molecule has 184 valence electrons. The fraction of sp³-hybridized carbons (Fsp3) is 0.481. The van der Waals surface area contributed by atoms with Crippen LogP contribution in [-0.4, -0.2) is 41.3 Å². The van der Waals surface area contributed by atoms with Crippen molar-refractivity contribution in [3.8, 4) is 0 Å².